The zero-order valence-electron chi connectivity index (χ0n) is 9.85. The zero-order valence-corrected chi connectivity index (χ0v) is 9.85. The van der Waals surface area contributed by atoms with E-state index in [1.807, 2.05) is 6.20 Å². The van der Waals surface area contributed by atoms with Crippen molar-refractivity contribution in [1.82, 2.24) is 5.32 Å². The van der Waals surface area contributed by atoms with Gasteiger partial charge in [-0.25, -0.2) is 0 Å². The van der Waals surface area contributed by atoms with Crippen LogP contribution < -0.4 is 5.32 Å². The van der Waals surface area contributed by atoms with Crippen LogP contribution in [0, 0.1) is 6.92 Å². The summed E-state index contributed by atoms with van der Waals surface area (Å²) in [6.07, 6.45) is 4.17. The Morgan fingerprint density at radius 2 is 1.59 bits per heavy atom. The standard InChI is InChI=1S/C16H15N/c1-12-6-2-4-8-14(12)16-15-9-5-3-7-13(15)10-11-17-16/h2-11,16-17H,1H3. The van der Waals surface area contributed by atoms with Gasteiger partial charge in [0.25, 0.3) is 0 Å². The average molecular weight is 221 g/mol. The van der Waals surface area contributed by atoms with Gasteiger partial charge in [0.15, 0.2) is 0 Å². The fraction of sp³-hybridized carbons (Fsp3) is 0.125. The lowest BCUT2D eigenvalue weighted by atomic mass is 9.90. The first kappa shape index (κ1) is 10.2. The maximum atomic E-state index is 3.45. The Kier molecular flexibility index (Phi) is 2.45. The van der Waals surface area contributed by atoms with Crippen molar-refractivity contribution in [3.8, 4) is 0 Å². The van der Waals surface area contributed by atoms with Crippen molar-refractivity contribution < 1.29 is 0 Å². The molecule has 1 N–H and O–H groups in total. The van der Waals surface area contributed by atoms with Crippen LogP contribution in [0.2, 0.25) is 0 Å². The minimum Gasteiger partial charge on any atom is -0.380 e. The van der Waals surface area contributed by atoms with E-state index >= 15 is 0 Å². The van der Waals surface area contributed by atoms with Crippen LogP contribution in [0.3, 0.4) is 0 Å². The molecule has 1 unspecified atom stereocenters. The molecule has 0 saturated carbocycles. The molecule has 3 rings (SSSR count). The van der Waals surface area contributed by atoms with Crippen LogP contribution in [0.5, 0.6) is 0 Å². The topological polar surface area (TPSA) is 12.0 Å². The Labute approximate surface area is 102 Å². The maximum absolute atomic E-state index is 3.45. The monoisotopic (exact) mass is 221 g/mol. The zero-order chi connectivity index (χ0) is 11.7. The number of benzene rings is 2. The molecule has 0 aliphatic carbocycles. The predicted molar refractivity (Wildman–Crippen MR) is 71.6 cm³/mol. The summed E-state index contributed by atoms with van der Waals surface area (Å²) in [5.41, 5.74) is 5.34. The first-order chi connectivity index (χ1) is 8.36. The second-order valence-electron chi connectivity index (χ2n) is 4.42. The highest BCUT2D eigenvalue weighted by atomic mass is 14.9. The third kappa shape index (κ3) is 1.74. The van der Waals surface area contributed by atoms with Crippen molar-refractivity contribution >= 4 is 6.08 Å². The molecule has 1 aliphatic heterocycles. The highest BCUT2D eigenvalue weighted by molar-refractivity contribution is 5.59. The van der Waals surface area contributed by atoms with E-state index in [1.54, 1.807) is 0 Å². The van der Waals surface area contributed by atoms with Gasteiger partial charge in [0, 0.05) is 0 Å². The molecule has 2 aromatic carbocycles. The summed E-state index contributed by atoms with van der Waals surface area (Å²) in [6, 6.07) is 17.4. The number of hydrogen-bond acceptors (Lipinski definition) is 1. The second kappa shape index (κ2) is 4.10. The van der Waals surface area contributed by atoms with Crippen molar-refractivity contribution in [2.45, 2.75) is 13.0 Å². The smallest absolute Gasteiger partial charge is 0.0770 e. The number of rotatable bonds is 1. The van der Waals surface area contributed by atoms with E-state index in [9.17, 15) is 0 Å². The molecule has 2 aromatic rings. The average Bonchev–Trinajstić information content (AvgIpc) is 2.39. The Balaban J connectivity index is 2.12. The first-order valence-corrected chi connectivity index (χ1v) is 5.93. The van der Waals surface area contributed by atoms with E-state index in [-0.39, 0.29) is 6.04 Å². The molecule has 0 radical (unpaired) electrons. The summed E-state index contributed by atoms with van der Waals surface area (Å²) in [5.74, 6) is 0. The van der Waals surface area contributed by atoms with E-state index in [4.69, 9.17) is 0 Å². The highest BCUT2D eigenvalue weighted by Gasteiger charge is 2.18. The van der Waals surface area contributed by atoms with Crippen molar-refractivity contribution in [1.29, 1.82) is 0 Å². The lowest BCUT2D eigenvalue weighted by molar-refractivity contribution is 0.716. The Hall–Kier alpha value is -2.02. The van der Waals surface area contributed by atoms with Crippen LogP contribution in [0.15, 0.2) is 54.7 Å². The van der Waals surface area contributed by atoms with E-state index < -0.39 is 0 Å². The number of aryl methyl sites for hydroxylation is 1. The van der Waals surface area contributed by atoms with Gasteiger partial charge < -0.3 is 5.32 Å². The fourth-order valence-corrected chi connectivity index (χ4v) is 2.42. The van der Waals surface area contributed by atoms with Crippen molar-refractivity contribution in [2.75, 3.05) is 0 Å². The van der Waals surface area contributed by atoms with Gasteiger partial charge in [-0.05, 0) is 41.5 Å². The van der Waals surface area contributed by atoms with Crippen LogP contribution in [0.25, 0.3) is 6.08 Å². The summed E-state index contributed by atoms with van der Waals surface area (Å²) < 4.78 is 0. The molecule has 1 nitrogen and oxygen atoms in total. The minimum atomic E-state index is 0.275. The SMILES string of the molecule is Cc1ccccc1C1NC=Cc2ccccc21. The quantitative estimate of drug-likeness (QED) is 0.775. The summed E-state index contributed by atoms with van der Waals surface area (Å²) in [6.45, 7) is 2.16. The van der Waals surface area contributed by atoms with Gasteiger partial charge in [-0.1, -0.05) is 48.5 Å². The molecule has 1 aliphatic rings. The van der Waals surface area contributed by atoms with Gasteiger partial charge in [-0.3, -0.25) is 0 Å². The maximum Gasteiger partial charge on any atom is 0.0770 e. The van der Waals surface area contributed by atoms with Gasteiger partial charge in [-0.15, -0.1) is 0 Å². The molecule has 17 heavy (non-hydrogen) atoms. The highest BCUT2D eigenvalue weighted by Crippen LogP contribution is 2.30. The van der Waals surface area contributed by atoms with Crippen LogP contribution >= 0.6 is 0 Å². The molecule has 0 fully saturated rings. The van der Waals surface area contributed by atoms with Gasteiger partial charge in [0.05, 0.1) is 6.04 Å². The normalized spacial score (nSPS) is 17.4. The second-order valence-corrected chi connectivity index (χ2v) is 4.42. The molecule has 1 heteroatoms. The van der Waals surface area contributed by atoms with Crippen LogP contribution in [0.4, 0.5) is 0 Å². The minimum absolute atomic E-state index is 0.275. The molecular weight excluding hydrogens is 206 g/mol. The summed E-state index contributed by atoms with van der Waals surface area (Å²) >= 11 is 0. The Morgan fingerprint density at radius 3 is 2.41 bits per heavy atom. The number of nitrogens with one attached hydrogen (secondary N) is 1. The summed E-state index contributed by atoms with van der Waals surface area (Å²) in [4.78, 5) is 0. The molecule has 1 heterocycles. The van der Waals surface area contributed by atoms with Crippen LogP contribution in [0.1, 0.15) is 28.3 Å². The van der Waals surface area contributed by atoms with E-state index in [2.05, 4.69) is 66.8 Å². The van der Waals surface area contributed by atoms with Crippen LogP contribution in [-0.4, -0.2) is 0 Å². The molecule has 0 saturated heterocycles. The van der Waals surface area contributed by atoms with Gasteiger partial charge >= 0.3 is 0 Å². The Morgan fingerprint density at radius 1 is 0.882 bits per heavy atom. The van der Waals surface area contributed by atoms with E-state index in [1.165, 1.54) is 22.3 Å². The molecule has 0 aromatic heterocycles. The first-order valence-electron chi connectivity index (χ1n) is 5.93. The van der Waals surface area contributed by atoms with Crippen molar-refractivity contribution in [3.63, 3.8) is 0 Å². The van der Waals surface area contributed by atoms with E-state index in [0.717, 1.165) is 0 Å². The molecule has 0 bridgehead atoms. The summed E-state index contributed by atoms with van der Waals surface area (Å²) in [7, 11) is 0. The molecule has 84 valence electrons. The third-order valence-electron chi connectivity index (χ3n) is 3.33. The predicted octanol–water partition coefficient (Wildman–Crippen LogP) is 3.66. The van der Waals surface area contributed by atoms with Gasteiger partial charge in [0.2, 0.25) is 0 Å². The Bertz CT molecular complexity index is 569. The lowest BCUT2D eigenvalue weighted by Crippen LogP contribution is -2.21. The van der Waals surface area contributed by atoms with Crippen molar-refractivity contribution in [3.05, 3.63) is 77.0 Å². The molecule has 1 atom stereocenters. The molecule has 0 spiro atoms. The third-order valence-corrected chi connectivity index (χ3v) is 3.33. The van der Waals surface area contributed by atoms with Crippen molar-refractivity contribution in [2.24, 2.45) is 0 Å². The lowest BCUT2D eigenvalue weighted by Gasteiger charge is -2.25. The largest absolute Gasteiger partial charge is 0.380 e. The fourth-order valence-electron chi connectivity index (χ4n) is 2.42. The van der Waals surface area contributed by atoms with Crippen LogP contribution in [-0.2, 0) is 0 Å². The van der Waals surface area contributed by atoms with Gasteiger partial charge in [-0.2, -0.15) is 0 Å². The van der Waals surface area contributed by atoms with Gasteiger partial charge in [0.1, 0.15) is 0 Å². The molecular formula is C16H15N. The molecule has 0 amide bonds. The van der Waals surface area contributed by atoms with E-state index in [0.29, 0.717) is 0 Å². The number of fused-ring (bicyclic) bond motifs is 1. The summed E-state index contributed by atoms with van der Waals surface area (Å²) in [5, 5.41) is 3.45. The number of hydrogen-bond donors (Lipinski definition) is 1.